The highest BCUT2D eigenvalue weighted by Crippen LogP contribution is 2.54. The van der Waals surface area contributed by atoms with E-state index in [4.69, 9.17) is 4.42 Å². The molecule has 1 aromatic heterocycles. The Morgan fingerprint density at radius 1 is 0.375 bits per heavy atom. The normalized spacial score (nSPS) is 12.9. The molecule has 0 N–H and O–H groups in total. The highest BCUT2D eigenvalue weighted by atomic mass is 16.3. The quantitative estimate of drug-likeness (QED) is 0.170. The Morgan fingerprint density at radius 3 is 1.61 bits per heavy atom. The number of benzene rings is 9. The van der Waals surface area contributed by atoms with Crippen LogP contribution < -0.4 is 4.90 Å². The molecule has 1 heterocycles. The van der Waals surface area contributed by atoms with Gasteiger partial charge in [-0.05, 0) is 116 Å². The van der Waals surface area contributed by atoms with Crippen LogP contribution in [0.15, 0.2) is 211 Å². The second-order valence-electron chi connectivity index (χ2n) is 15.0. The van der Waals surface area contributed by atoms with Gasteiger partial charge in [-0.25, -0.2) is 0 Å². The maximum Gasteiger partial charge on any atom is 0.137 e. The smallest absolute Gasteiger partial charge is 0.137 e. The molecular weight excluding hydrogens is 679 g/mol. The largest absolute Gasteiger partial charge is 0.456 e. The van der Waals surface area contributed by atoms with Crippen molar-refractivity contribution in [2.45, 2.75) is 12.3 Å². The third kappa shape index (κ3) is 5.03. The molecule has 0 unspecified atom stereocenters. The van der Waals surface area contributed by atoms with Crippen LogP contribution in [0.5, 0.6) is 0 Å². The van der Waals surface area contributed by atoms with E-state index in [1.807, 2.05) is 0 Å². The molecule has 0 saturated carbocycles. The van der Waals surface area contributed by atoms with Crippen LogP contribution in [-0.2, 0) is 5.41 Å². The Kier molecular flexibility index (Phi) is 7.33. The number of rotatable bonds is 6. The predicted octanol–water partition coefficient (Wildman–Crippen LogP) is 14.9. The van der Waals surface area contributed by atoms with Crippen LogP contribution in [0.2, 0.25) is 0 Å². The van der Waals surface area contributed by atoms with Gasteiger partial charge in [0.2, 0.25) is 0 Å². The monoisotopic (exact) mass is 715 g/mol. The fraction of sp³-hybridized carbons (Fsp3) is 0.0370. The topological polar surface area (TPSA) is 16.4 Å². The minimum absolute atomic E-state index is 0.332. The Balaban J connectivity index is 1.05. The van der Waals surface area contributed by atoms with E-state index >= 15 is 0 Å². The molecule has 56 heavy (non-hydrogen) atoms. The number of fused-ring (bicyclic) bond motifs is 7. The third-order valence-corrected chi connectivity index (χ3v) is 11.9. The fourth-order valence-electron chi connectivity index (χ4n) is 9.17. The van der Waals surface area contributed by atoms with Crippen molar-refractivity contribution in [3.63, 3.8) is 0 Å². The minimum Gasteiger partial charge on any atom is -0.456 e. The number of furan rings is 1. The summed E-state index contributed by atoms with van der Waals surface area (Å²) in [5, 5.41) is 4.78. The molecule has 10 aromatic rings. The van der Waals surface area contributed by atoms with Gasteiger partial charge >= 0.3 is 0 Å². The van der Waals surface area contributed by atoms with Gasteiger partial charge in [-0.3, -0.25) is 0 Å². The number of hydrogen-bond donors (Lipinski definition) is 0. The molecule has 0 amide bonds. The van der Waals surface area contributed by atoms with E-state index in [2.05, 4.69) is 218 Å². The van der Waals surface area contributed by atoms with Crippen LogP contribution in [0, 0.1) is 0 Å². The SMILES string of the molecule is CC1(c2cccc3oc4cc(N(c5ccc(-c6ccccc6)cc5)c5ccc(-c6ccc7ccccc7c6)cc5)ccc4c23)c2ccccc2-c2ccccc21. The molecule has 0 atom stereocenters. The lowest BCUT2D eigenvalue weighted by Crippen LogP contribution is -2.22. The molecule has 1 aliphatic carbocycles. The van der Waals surface area contributed by atoms with Crippen molar-refractivity contribution in [2.75, 3.05) is 4.90 Å². The molecule has 0 bridgehead atoms. The average molecular weight is 716 g/mol. The summed E-state index contributed by atoms with van der Waals surface area (Å²) in [5.41, 5.74) is 15.9. The molecule has 0 radical (unpaired) electrons. The summed E-state index contributed by atoms with van der Waals surface area (Å²) in [4.78, 5) is 2.33. The number of anilines is 3. The van der Waals surface area contributed by atoms with Crippen molar-refractivity contribution in [3.8, 4) is 33.4 Å². The van der Waals surface area contributed by atoms with E-state index in [0.29, 0.717) is 0 Å². The van der Waals surface area contributed by atoms with Crippen LogP contribution >= 0.6 is 0 Å². The Hall–Kier alpha value is -7.16. The van der Waals surface area contributed by atoms with Crippen LogP contribution in [0.3, 0.4) is 0 Å². The van der Waals surface area contributed by atoms with Gasteiger partial charge in [-0.1, -0.05) is 152 Å². The molecule has 1 aliphatic rings. The van der Waals surface area contributed by atoms with Crippen LogP contribution in [-0.4, -0.2) is 0 Å². The molecule has 0 aliphatic heterocycles. The highest BCUT2D eigenvalue weighted by molar-refractivity contribution is 6.09. The summed E-state index contributed by atoms with van der Waals surface area (Å²) in [6, 6.07) is 74.5. The van der Waals surface area contributed by atoms with Gasteiger partial charge in [0.25, 0.3) is 0 Å². The van der Waals surface area contributed by atoms with Crippen LogP contribution in [0.1, 0.15) is 23.6 Å². The average Bonchev–Trinajstić information content (AvgIpc) is 3.77. The van der Waals surface area contributed by atoms with Gasteiger partial charge in [0.05, 0.1) is 0 Å². The van der Waals surface area contributed by atoms with Crippen molar-refractivity contribution in [3.05, 3.63) is 223 Å². The molecule has 2 heteroatoms. The summed E-state index contributed by atoms with van der Waals surface area (Å²) in [5.74, 6) is 0. The van der Waals surface area contributed by atoms with Gasteiger partial charge < -0.3 is 9.32 Å². The van der Waals surface area contributed by atoms with E-state index in [1.165, 1.54) is 66.2 Å². The highest BCUT2D eigenvalue weighted by Gasteiger charge is 2.42. The zero-order chi connectivity index (χ0) is 37.2. The first-order valence-electron chi connectivity index (χ1n) is 19.3. The molecular formula is C54H37NO. The standard InChI is InChI=1S/C54H37NO/c1-54(48-18-9-7-16-45(48)46-17-8-10-19-49(46)54)50-20-11-21-51-53(50)47-33-32-44(35-52(47)56-51)55(42-28-24-38(25-29-42)36-12-3-2-4-13-36)43-30-26-39(27-31-43)41-23-22-37-14-5-6-15-40(37)34-41/h2-35H,1H3. The first-order valence-corrected chi connectivity index (χ1v) is 19.3. The van der Waals surface area contributed by atoms with Crippen LogP contribution in [0.4, 0.5) is 17.1 Å². The number of hydrogen-bond acceptors (Lipinski definition) is 2. The predicted molar refractivity (Wildman–Crippen MR) is 234 cm³/mol. The maximum absolute atomic E-state index is 6.80. The zero-order valence-electron chi connectivity index (χ0n) is 31.0. The second kappa shape index (κ2) is 12.7. The van der Waals surface area contributed by atoms with Crippen molar-refractivity contribution in [1.82, 2.24) is 0 Å². The molecule has 9 aromatic carbocycles. The molecule has 2 nitrogen and oxygen atoms in total. The molecule has 0 spiro atoms. The second-order valence-corrected chi connectivity index (χ2v) is 15.0. The first kappa shape index (κ1) is 32.3. The van der Waals surface area contributed by atoms with Crippen molar-refractivity contribution in [2.24, 2.45) is 0 Å². The van der Waals surface area contributed by atoms with E-state index in [9.17, 15) is 0 Å². The summed E-state index contributed by atoms with van der Waals surface area (Å²) in [6.07, 6.45) is 0. The van der Waals surface area contributed by atoms with E-state index in [-0.39, 0.29) is 5.41 Å². The molecule has 11 rings (SSSR count). The molecule has 0 fully saturated rings. The third-order valence-electron chi connectivity index (χ3n) is 11.9. The maximum atomic E-state index is 6.80. The van der Waals surface area contributed by atoms with E-state index < -0.39 is 0 Å². The Bertz CT molecular complexity index is 3040. The van der Waals surface area contributed by atoms with Gasteiger partial charge in [0, 0.05) is 39.3 Å². The van der Waals surface area contributed by atoms with Crippen molar-refractivity contribution >= 4 is 49.8 Å². The van der Waals surface area contributed by atoms with Gasteiger partial charge in [-0.2, -0.15) is 0 Å². The fourth-order valence-corrected chi connectivity index (χ4v) is 9.17. The van der Waals surface area contributed by atoms with Crippen molar-refractivity contribution < 1.29 is 4.42 Å². The van der Waals surface area contributed by atoms with E-state index in [0.717, 1.165) is 33.6 Å². The first-order chi connectivity index (χ1) is 27.6. The van der Waals surface area contributed by atoms with Gasteiger partial charge in [0.1, 0.15) is 11.2 Å². The molecule has 264 valence electrons. The lowest BCUT2D eigenvalue weighted by Gasteiger charge is -2.29. The van der Waals surface area contributed by atoms with Crippen molar-refractivity contribution in [1.29, 1.82) is 0 Å². The Labute approximate surface area is 326 Å². The van der Waals surface area contributed by atoms with Gasteiger partial charge in [-0.15, -0.1) is 0 Å². The summed E-state index contributed by atoms with van der Waals surface area (Å²) in [6.45, 7) is 2.38. The summed E-state index contributed by atoms with van der Waals surface area (Å²) >= 11 is 0. The number of nitrogens with zero attached hydrogens (tertiary/aromatic N) is 1. The van der Waals surface area contributed by atoms with Crippen LogP contribution in [0.25, 0.3) is 66.1 Å². The summed E-state index contributed by atoms with van der Waals surface area (Å²) < 4.78 is 6.80. The lowest BCUT2D eigenvalue weighted by atomic mass is 9.73. The lowest BCUT2D eigenvalue weighted by molar-refractivity contribution is 0.666. The zero-order valence-corrected chi connectivity index (χ0v) is 31.0. The molecule has 0 saturated heterocycles. The van der Waals surface area contributed by atoms with Gasteiger partial charge in [0.15, 0.2) is 0 Å². The minimum atomic E-state index is -0.332. The summed E-state index contributed by atoms with van der Waals surface area (Å²) in [7, 11) is 0. The Morgan fingerprint density at radius 2 is 0.911 bits per heavy atom. The van der Waals surface area contributed by atoms with E-state index in [1.54, 1.807) is 0 Å².